The zero-order valence-electron chi connectivity index (χ0n) is 11.9. The minimum Gasteiger partial charge on any atom is -0.387 e. The lowest BCUT2D eigenvalue weighted by atomic mass is 10.0. The first-order valence-electron chi connectivity index (χ1n) is 6.94. The molecule has 3 rings (SSSR count). The number of fused-ring (bicyclic) bond motifs is 1. The summed E-state index contributed by atoms with van der Waals surface area (Å²) in [6.07, 6.45) is 3.08. The van der Waals surface area contributed by atoms with Crippen molar-refractivity contribution >= 4 is 22.5 Å². The normalized spacial score (nSPS) is 12.5. The van der Waals surface area contributed by atoms with Gasteiger partial charge in [0.05, 0.1) is 6.10 Å². The highest BCUT2D eigenvalue weighted by molar-refractivity contribution is 7.99. The standard InChI is InChI=1S/C18H17NOS/c1-13-5-4-7-15(9-13)21-12-18(20)17-11-19-10-14-6-2-3-8-16(14)17/h2-11,18,20H,12H2,1H3. The maximum absolute atomic E-state index is 10.5. The molecule has 0 bridgehead atoms. The first kappa shape index (κ1) is 14.1. The van der Waals surface area contributed by atoms with E-state index in [1.54, 1.807) is 18.0 Å². The molecule has 0 amide bonds. The Hall–Kier alpha value is -1.84. The molecule has 0 saturated carbocycles. The predicted molar refractivity (Wildman–Crippen MR) is 88.6 cm³/mol. The fourth-order valence-electron chi connectivity index (χ4n) is 2.38. The van der Waals surface area contributed by atoms with Crippen LogP contribution in [-0.2, 0) is 0 Å². The van der Waals surface area contributed by atoms with Gasteiger partial charge in [0.2, 0.25) is 0 Å². The van der Waals surface area contributed by atoms with Crippen LogP contribution < -0.4 is 0 Å². The van der Waals surface area contributed by atoms with E-state index in [0.717, 1.165) is 16.3 Å². The molecule has 0 aliphatic heterocycles. The Kier molecular flexibility index (Phi) is 4.23. The second-order valence-electron chi connectivity index (χ2n) is 5.09. The molecule has 0 aliphatic carbocycles. The van der Waals surface area contributed by atoms with Gasteiger partial charge in [-0.15, -0.1) is 11.8 Å². The van der Waals surface area contributed by atoms with Crippen LogP contribution in [0.1, 0.15) is 17.2 Å². The number of benzene rings is 2. The minimum absolute atomic E-state index is 0.519. The van der Waals surface area contributed by atoms with Crippen LogP contribution in [0.15, 0.2) is 65.8 Å². The number of thioether (sulfide) groups is 1. The van der Waals surface area contributed by atoms with E-state index in [-0.39, 0.29) is 0 Å². The highest BCUT2D eigenvalue weighted by Crippen LogP contribution is 2.28. The average Bonchev–Trinajstić information content (AvgIpc) is 2.52. The smallest absolute Gasteiger partial charge is 0.0904 e. The maximum Gasteiger partial charge on any atom is 0.0904 e. The van der Waals surface area contributed by atoms with E-state index in [0.29, 0.717) is 5.75 Å². The van der Waals surface area contributed by atoms with Gasteiger partial charge in [-0.1, -0.05) is 42.0 Å². The van der Waals surface area contributed by atoms with Gasteiger partial charge in [0.1, 0.15) is 0 Å². The van der Waals surface area contributed by atoms with Crippen molar-refractivity contribution in [3.8, 4) is 0 Å². The molecule has 1 unspecified atom stereocenters. The Balaban J connectivity index is 1.79. The molecular weight excluding hydrogens is 278 g/mol. The average molecular weight is 295 g/mol. The highest BCUT2D eigenvalue weighted by Gasteiger charge is 2.12. The minimum atomic E-state index is -0.519. The van der Waals surface area contributed by atoms with Gasteiger partial charge < -0.3 is 5.11 Å². The van der Waals surface area contributed by atoms with Gasteiger partial charge in [-0.2, -0.15) is 0 Å². The number of aryl methyl sites for hydroxylation is 1. The molecule has 0 fully saturated rings. The number of aromatic nitrogens is 1. The van der Waals surface area contributed by atoms with Crippen molar-refractivity contribution in [2.75, 3.05) is 5.75 Å². The Morgan fingerprint density at radius 2 is 1.95 bits per heavy atom. The summed E-state index contributed by atoms with van der Waals surface area (Å²) in [5.74, 6) is 0.624. The molecule has 3 heteroatoms. The number of hydrogen-bond donors (Lipinski definition) is 1. The van der Waals surface area contributed by atoms with Crippen LogP contribution in [-0.4, -0.2) is 15.8 Å². The summed E-state index contributed by atoms with van der Waals surface area (Å²) in [5.41, 5.74) is 2.13. The molecule has 1 heterocycles. The van der Waals surface area contributed by atoms with Gasteiger partial charge in [-0.3, -0.25) is 4.98 Å². The highest BCUT2D eigenvalue weighted by atomic mass is 32.2. The summed E-state index contributed by atoms with van der Waals surface area (Å²) in [6, 6.07) is 16.4. The summed E-state index contributed by atoms with van der Waals surface area (Å²) >= 11 is 1.67. The fraction of sp³-hybridized carbons (Fsp3) is 0.167. The van der Waals surface area contributed by atoms with Crippen molar-refractivity contribution in [1.29, 1.82) is 0 Å². The van der Waals surface area contributed by atoms with Crippen LogP contribution >= 0.6 is 11.8 Å². The molecule has 106 valence electrons. The molecule has 0 spiro atoms. The molecule has 3 aromatic rings. The van der Waals surface area contributed by atoms with Crippen LogP contribution in [0.3, 0.4) is 0 Å². The Morgan fingerprint density at radius 1 is 1.10 bits per heavy atom. The Morgan fingerprint density at radius 3 is 2.81 bits per heavy atom. The second kappa shape index (κ2) is 6.29. The predicted octanol–water partition coefficient (Wildman–Crippen LogP) is 4.37. The van der Waals surface area contributed by atoms with E-state index in [9.17, 15) is 5.11 Å². The van der Waals surface area contributed by atoms with Crippen molar-refractivity contribution in [1.82, 2.24) is 4.98 Å². The van der Waals surface area contributed by atoms with Crippen molar-refractivity contribution in [2.24, 2.45) is 0 Å². The summed E-state index contributed by atoms with van der Waals surface area (Å²) in [7, 11) is 0. The van der Waals surface area contributed by atoms with Gasteiger partial charge in [0.25, 0.3) is 0 Å². The van der Waals surface area contributed by atoms with E-state index in [4.69, 9.17) is 0 Å². The molecule has 0 aliphatic rings. The van der Waals surface area contributed by atoms with Crippen molar-refractivity contribution in [2.45, 2.75) is 17.9 Å². The number of hydrogen-bond acceptors (Lipinski definition) is 3. The largest absolute Gasteiger partial charge is 0.387 e. The van der Waals surface area contributed by atoms with Crippen LogP contribution in [0.2, 0.25) is 0 Å². The lowest BCUT2D eigenvalue weighted by Crippen LogP contribution is -2.02. The molecule has 21 heavy (non-hydrogen) atoms. The molecule has 0 saturated heterocycles. The maximum atomic E-state index is 10.5. The lowest BCUT2D eigenvalue weighted by Gasteiger charge is -2.13. The van der Waals surface area contributed by atoms with E-state index >= 15 is 0 Å². The van der Waals surface area contributed by atoms with Gasteiger partial charge in [0.15, 0.2) is 0 Å². The van der Waals surface area contributed by atoms with E-state index in [1.807, 2.05) is 36.5 Å². The first-order chi connectivity index (χ1) is 10.2. The van der Waals surface area contributed by atoms with Crippen LogP contribution in [0.25, 0.3) is 10.8 Å². The quantitative estimate of drug-likeness (QED) is 0.726. The van der Waals surface area contributed by atoms with Crippen LogP contribution in [0, 0.1) is 6.92 Å². The summed E-state index contributed by atoms with van der Waals surface area (Å²) in [4.78, 5) is 5.42. The van der Waals surface area contributed by atoms with Gasteiger partial charge >= 0.3 is 0 Å². The SMILES string of the molecule is Cc1cccc(SCC(O)c2cncc3ccccc23)c1. The number of rotatable bonds is 4. The van der Waals surface area contributed by atoms with Crippen molar-refractivity contribution in [3.05, 3.63) is 72.1 Å². The van der Waals surface area contributed by atoms with E-state index < -0.39 is 6.10 Å². The second-order valence-corrected chi connectivity index (χ2v) is 6.19. The number of aliphatic hydroxyl groups excluding tert-OH is 1. The third-order valence-electron chi connectivity index (χ3n) is 3.46. The molecule has 0 radical (unpaired) electrons. The number of nitrogens with zero attached hydrogens (tertiary/aromatic N) is 1. The first-order valence-corrected chi connectivity index (χ1v) is 7.93. The molecule has 1 atom stereocenters. The fourth-order valence-corrected chi connectivity index (χ4v) is 3.35. The Labute approximate surface area is 128 Å². The summed E-state index contributed by atoms with van der Waals surface area (Å²) in [5, 5.41) is 12.6. The number of aliphatic hydroxyl groups is 1. The third kappa shape index (κ3) is 3.26. The number of pyridine rings is 1. The third-order valence-corrected chi connectivity index (χ3v) is 4.53. The molecule has 1 aromatic heterocycles. The van der Waals surface area contributed by atoms with Gasteiger partial charge in [0, 0.05) is 34.0 Å². The monoisotopic (exact) mass is 295 g/mol. The van der Waals surface area contributed by atoms with Crippen LogP contribution in [0.5, 0.6) is 0 Å². The molecule has 2 nitrogen and oxygen atoms in total. The topological polar surface area (TPSA) is 33.1 Å². The summed E-state index contributed by atoms with van der Waals surface area (Å²) < 4.78 is 0. The zero-order chi connectivity index (χ0) is 14.7. The Bertz CT molecular complexity index is 752. The van der Waals surface area contributed by atoms with Gasteiger partial charge in [-0.05, 0) is 24.4 Å². The molecule has 2 aromatic carbocycles. The lowest BCUT2D eigenvalue weighted by molar-refractivity contribution is 0.205. The molecular formula is C18H17NOS. The van der Waals surface area contributed by atoms with Gasteiger partial charge in [-0.25, -0.2) is 0 Å². The van der Waals surface area contributed by atoms with E-state index in [1.165, 1.54) is 10.5 Å². The van der Waals surface area contributed by atoms with Crippen LogP contribution in [0.4, 0.5) is 0 Å². The zero-order valence-corrected chi connectivity index (χ0v) is 12.7. The molecule has 1 N–H and O–H groups in total. The van der Waals surface area contributed by atoms with Crippen molar-refractivity contribution in [3.63, 3.8) is 0 Å². The van der Waals surface area contributed by atoms with E-state index in [2.05, 4.69) is 30.1 Å². The van der Waals surface area contributed by atoms with Crippen molar-refractivity contribution < 1.29 is 5.11 Å². The summed E-state index contributed by atoms with van der Waals surface area (Å²) in [6.45, 7) is 2.08.